The molecule has 0 aliphatic carbocycles. The van der Waals surface area contributed by atoms with E-state index < -0.39 is 0 Å². The first-order valence-corrected chi connectivity index (χ1v) is 10.5. The van der Waals surface area contributed by atoms with Gasteiger partial charge in [-0.2, -0.15) is 5.26 Å². The molecule has 2 aromatic carbocycles. The van der Waals surface area contributed by atoms with Crippen LogP contribution in [0, 0.1) is 18.3 Å². The van der Waals surface area contributed by atoms with Crippen molar-refractivity contribution in [3.8, 4) is 6.07 Å². The van der Waals surface area contributed by atoms with Crippen molar-refractivity contribution < 1.29 is 4.79 Å². The number of fused-ring (bicyclic) bond motifs is 1. The molecule has 4 nitrogen and oxygen atoms in total. The van der Waals surface area contributed by atoms with Gasteiger partial charge < -0.3 is 0 Å². The SMILES string of the molecule is Cc1ccc([C@@H]2CC(=O)N3CN([C@H](C)c4ccccc4)CSC3=C2C#N)cc1. The van der Waals surface area contributed by atoms with Crippen molar-refractivity contribution in [1.29, 1.82) is 5.26 Å². The Labute approximate surface area is 170 Å². The summed E-state index contributed by atoms with van der Waals surface area (Å²) in [6.07, 6.45) is 0.351. The van der Waals surface area contributed by atoms with Crippen LogP contribution in [-0.4, -0.2) is 28.3 Å². The second kappa shape index (κ2) is 7.83. The van der Waals surface area contributed by atoms with Gasteiger partial charge >= 0.3 is 0 Å². The van der Waals surface area contributed by atoms with Gasteiger partial charge in [-0.25, -0.2) is 0 Å². The maximum absolute atomic E-state index is 13.0. The Morgan fingerprint density at radius 1 is 1.14 bits per heavy atom. The van der Waals surface area contributed by atoms with Gasteiger partial charge in [0.15, 0.2) is 0 Å². The predicted molar refractivity (Wildman–Crippen MR) is 112 cm³/mol. The van der Waals surface area contributed by atoms with Crippen molar-refractivity contribution in [3.05, 3.63) is 81.9 Å². The molecule has 0 radical (unpaired) electrons. The number of nitrogens with zero attached hydrogens (tertiary/aromatic N) is 3. The van der Waals surface area contributed by atoms with E-state index in [-0.39, 0.29) is 17.9 Å². The highest BCUT2D eigenvalue weighted by Gasteiger charge is 2.39. The van der Waals surface area contributed by atoms with Gasteiger partial charge in [-0.05, 0) is 25.0 Å². The van der Waals surface area contributed by atoms with Crippen molar-refractivity contribution in [2.24, 2.45) is 0 Å². The van der Waals surface area contributed by atoms with E-state index in [0.717, 1.165) is 22.0 Å². The number of carbonyl (C=O) groups excluding carboxylic acids is 1. The highest BCUT2D eigenvalue weighted by molar-refractivity contribution is 8.03. The summed E-state index contributed by atoms with van der Waals surface area (Å²) in [6.45, 7) is 4.74. The third-order valence-electron chi connectivity index (χ3n) is 5.62. The molecule has 1 fully saturated rings. The molecule has 0 spiro atoms. The molecule has 4 rings (SSSR count). The van der Waals surface area contributed by atoms with E-state index >= 15 is 0 Å². The van der Waals surface area contributed by atoms with Crippen molar-refractivity contribution in [2.45, 2.75) is 32.2 Å². The van der Waals surface area contributed by atoms with Crippen molar-refractivity contribution in [3.63, 3.8) is 0 Å². The molecule has 0 unspecified atom stereocenters. The van der Waals surface area contributed by atoms with E-state index in [1.807, 2.05) is 49.4 Å². The molecule has 2 aromatic rings. The molecule has 5 heteroatoms. The maximum atomic E-state index is 13.0. The molecule has 1 amide bonds. The Hall–Kier alpha value is -2.55. The molecule has 2 aliphatic heterocycles. The molecule has 28 heavy (non-hydrogen) atoms. The van der Waals surface area contributed by atoms with Crippen LogP contribution in [0.15, 0.2) is 65.2 Å². The summed E-state index contributed by atoms with van der Waals surface area (Å²) in [5, 5.41) is 10.7. The van der Waals surface area contributed by atoms with Crippen molar-refractivity contribution in [2.75, 3.05) is 12.5 Å². The topological polar surface area (TPSA) is 47.3 Å². The smallest absolute Gasteiger partial charge is 0.229 e. The van der Waals surface area contributed by atoms with Crippen LogP contribution in [0.4, 0.5) is 0 Å². The fourth-order valence-corrected chi connectivity index (χ4v) is 5.10. The zero-order valence-electron chi connectivity index (χ0n) is 16.1. The third kappa shape index (κ3) is 3.46. The van der Waals surface area contributed by atoms with Crippen LogP contribution in [0.25, 0.3) is 0 Å². The second-order valence-electron chi connectivity index (χ2n) is 7.41. The summed E-state index contributed by atoms with van der Waals surface area (Å²) in [7, 11) is 0. The molecular formula is C23H23N3OS. The van der Waals surface area contributed by atoms with Gasteiger partial charge in [0.1, 0.15) is 0 Å². The minimum absolute atomic E-state index is 0.0945. The fourth-order valence-electron chi connectivity index (χ4n) is 3.85. The lowest BCUT2D eigenvalue weighted by Gasteiger charge is -2.43. The van der Waals surface area contributed by atoms with E-state index in [1.165, 1.54) is 11.1 Å². The summed E-state index contributed by atoms with van der Waals surface area (Å²) in [5.74, 6) is 0.716. The van der Waals surface area contributed by atoms with E-state index in [9.17, 15) is 10.1 Å². The number of thioether (sulfide) groups is 1. The Bertz CT molecular complexity index is 946. The number of allylic oxidation sites excluding steroid dienone is 1. The number of hydrogen-bond acceptors (Lipinski definition) is 4. The van der Waals surface area contributed by atoms with Crippen LogP contribution in [-0.2, 0) is 4.79 Å². The summed E-state index contributed by atoms with van der Waals surface area (Å²) in [6, 6.07) is 21.1. The van der Waals surface area contributed by atoms with Gasteiger partial charge in [0.25, 0.3) is 0 Å². The number of rotatable bonds is 3. The number of benzene rings is 2. The van der Waals surface area contributed by atoms with Crippen LogP contribution in [0.3, 0.4) is 0 Å². The standard InChI is InChI=1S/C23H23N3OS/c1-16-8-10-19(11-9-16)20-12-22(27)26-14-25(15-28-23(26)21(20)13-24)17(2)18-6-4-3-5-7-18/h3-11,17,20H,12,14-15H2,1-2H3/t17-,20+/m1/s1. The number of amides is 1. The lowest BCUT2D eigenvalue weighted by molar-refractivity contribution is -0.132. The zero-order valence-corrected chi connectivity index (χ0v) is 16.9. The van der Waals surface area contributed by atoms with Crippen LogP contribution in [0.1, 0.15) is 42.0 Å². The predicted octanol–water partition coefficient (Wildman–Crippen LogP) is 4.77. The maximum Gasteiger partial charge on any atom is 0.229 e. The summed E-state index contributed by atoms with van der Waals surface area (Å²) < 4.78 is 0. The quantitative estimate of drug-likeness (QED) is 0.759. The molecule has 0 saturated carbocycles. The molecule has 0 aromatic heterocycles. The molecule has 142 valence electrons. The average molecular weight is 390 g/mol. The number of hydrogen-bond donors (Lipinski definition) is 0. The Morgan fingerprint density at radius 2 is 1.86 bits per heavy atom. The van der Waals surface area contributed by atoms with E-state index in [2.05, 4.69) is 30.0 Å². The van der Waals surface area contributed by atoms with Crippen molar-refractivity contribution >= 4 is 17.7 Å². The van der Waals surface area contributed by atoms with Gasteiger partial charge in [-0.3, -0.25) is 14.6 Å². The van der Waals surface area contributed by atoms with E-state index in [4.69, 9.17) is 0 Å². The van der Waals surface area contributed by atoms with Gasteiger partial charge in [0, 0.05) is 18.4 Å². The van der Waals surface area contributed by atoms with Gasteiger partial charge in [-0.1, -0.05) is 71.9 Å². The monoisotopic (exact) mass is 389 g/mol. The molecule has 2 heterocycles. The Morgan fingerprint density at radius 3 is 2.54 bits per heavy atom. The zero-order chi connectivity index (χ0) is 19.7. The molecule has 0 N–H and O–H groups in total. The molecule has 0 bridgehead atoms. The first-order valence-electron chi connectivity index (χ1n) is 9.51. The average Bonchev–Trinajstić information content (AvgIpc) is 2.74. The third-order valence-corrected chi connectivity index (χ3v) is 6.80. The van der Waals surface area contributed by atoms with Crippen LogP contribution in [0.5, 0.6) is 0 Å². The Balaban J connectivity index is 1.62. The van der Waals surface area contributed by atoms with E-state index in [0.29, 0.717) is 13.1 Å². The van der Waals surface area contributed by atoms with E-state index in [1.54, 1.807) is 16.7 Å². The fraction of sp³-hybridized carbons (Fsp3) is 0.304. The van der Waals surface area contributed by atoms with Crippen LogP contribution < -0.4 is 0 Å². The van der Waals surface area contributed by atoms with Gasteiger partial charge in [-0.15, -0.1) is 0 Å². The molecular weight excluding hydrogens is 366 g/mol. The highest BCUT2D eigenvalue weighted by Crippen LogP contribution is 2.43. The second-order valence-corrected chi connectivity index (χ2v) is 8.34. The molecule has 1 saturated heterocycles. The summed E-state index contributed by atoms with van der Waals surface area (Å²) >= 11 is 1.60. The molecule has 2 aliphatic rings. The lowest BCUT2D eigenvalue weighted by Crippen LogP contribution is -2.47. The van der Waals surface area contributed by atoms with Crippen LogP contribution in [0.2, 0.25) is 0 Å². The van der Waals surface area contributed by atoms with Crippen LogP contribution >= 0.6 is 11.8 Å². The molecule has 2 atom stereocenters. The minimum atomic E-state index is -0.144. The minimum Gasteiger partial charge on any atom is -0.292 e. The highest BCUT2D eigenvalue weighted by atomic mass is 32.2. The van der Waals surface area contributed by atoms with Gasteiger partial charge in [0.2, 0.25) is 5.91 Å². The first kappa shape index (κ1) is 18.8. The lowest BCUT2D eigenvalue weighted by atomic mass is 9.86. The summed E-state index contributed by atoms with van der Waals surface area (Å²) in [4.78, 5) is 17.1. The normalized spacial score (nSPS) is 21.2. The number of carbonyl (C=O) groups is 1. The largest absolute Gasteiger partial charge is 0.292 e. The van der Waals surface area contributed by atoms with Gasteiger partial charge in [0.05, 0.1) is 29.2 Å². The number of aryl methyl sites for hydroxylation is 1. The van der Waals surface area contributed by atoms with Crippen molar-refractivity contribution in [1.82, 2.24) is 9.80 Å². The first-order chi connectivity index (χ1) is 13.6. The number of nitriles is 1. The Kier molecular flexibility index (Phi) is 5.25. The summed E-state index contributed by atoms with van der Waals surface area (Å²) in [5.41, 5.74) is 4.18.